The molecule has 1 aromatic rings. The molecule has 1 aromatic heterocycles. The van der Waals surface area contributed by atoms with E-state index >= 15 is 0 Å². The molecule has 0 bridgehead atoms. The number of aromatic nitrogens is 2. The Morgan fingerprint density at radius 3 is 2.79 bits per heavy atom. The van der Waals surface area contributed by atoms with E-state index in [4.69, 9.17) is 0 Å². The molecule has 0 radical (unpaired) electrons. The fraction of sp³-hybridized carbons (Fsp3) is 0.636. The van der Waals surface area contributed by atoms with Crippen LogP contribution in [0, 0.1) is 0 Å². The van der Waals surface area contributed by atoms with E-state index in [9.17, 15) is 8.42 Å². The van der Waals surface area contributed by atoms with Crippen LogP contribution in [0.1, 0.15) is 0 Å². The van der Waals surface area contributed by atoms with Crippen LogP contribution >= 0.6 is 11.8 Å². The molecular weight excluding hydrogens is 284 g/mol. The summed E-state index contributed by atoms with van der Waals surface area (Å²) in [4.78, 5) is 10.6. The number of rotatable bonds is 5. The zero-order valence-corrected chi connectivity index (χ0v) is 12.5. The van der Waals surface area contributed by atoms with E-state index in [1.54, 1.807) is 0 Å². The van der Waals surface area contributed by atoms with Crippen molar-refractivity contribution in [2.24, 2.45) is 0 Å². The normalized spacial score (nSPS) is 16.4. The first-order valence-electron chi connectivity index (χ1n) is 6.11. The quantitative estimate of drug-likeness (QED) is 0.848. The fourth-order valence-corrected chi connectivity index (χ4v) is 3.15. The third kappa shape index (κ3) is 4.87. The lowest BCUT2D eigenvalue weighted by atomic mass is 10.4. The minimum atomic E-state index is -2.94. The summed E-state index contributed by atoms with van der Waals surface area (Å²) in [6.45, 7) is 2.35. The second-order valence-corrected chi connectivity index (χ2v) is 7.90. The van der Waals surface area contributed by atoms with Crippen molar-refractivity contribution in [1.82, 2.24) is 9.97 Å². The number of nitrogens with zero attached hydrogens (tertiary/aromatic N) is 3. The van der Waals surface area contributed by atoms with E-state index in [1.165, 1.54) is 12.6 Å². The Balaban J connectivity index is 1.94. The van der Waals surface area contributed by atoms with Crippen molar-refractivity contribution in [2.75, 3.05) is 53.4 Å². The molecule has 1 aliphatic heterocycles. The predicted octanol–water partition coefficient (Wildman–Crippen LogP) is 0.486. The second-order valence-electron chi connectivity index (χ2n) is 4.42. The molecule has 106 valence electrons. The van der Waals surface area contributed by atoms with E-state index in [0.29, 0.717) is 12.4 Å². The number of hydrogen-bond acceptors (Lipinski definition) is 7. The summed E-state index contributed by atoms with van der Waals surface area (Å²) in [5.41, 5.74) is 0. The van der Waals surface area contributed by atoms with Gasteiger partial charge in [-0.05, 0) is 0 Å². The van der Waals surface area contributed by atoms with Crippen molar-refractivity contribution < 1.29 is 8.42 Å². The summed E-state index contributed by atoms with van der Waals surface area (Å²) < 4.78 is 22.1. The van der Waals surface area contributed by atoms with Crippen LogP contribution in [-0.4, -0.2) is 61.5 Å². The largest absolute Gasteiger partial charge is 0.369 e. The zero-order chi connectivity index (χ0) is 13.7. The second kappa shape index (κ2) is 6.42. The van der Waals surface area contributed by atoms with Gasteiger partial charge in [0.25, 0.3) is 0 Å². The molecule has 0 amide bonds. The highest BCUT2D eigenvalue weighted by Crippen LogP contribution is 2.18. The van der Waals surface area contributed by atoms with Crippen LogP contribution in [0.25, 0.3) is 0 Å². The molecular formula is C11H18N4O2S2. The maximum Gasteiger partial charge on any atom is 0.149 e. The molecule has 6 nitrogen and oxygen atoms in total. The zero-order valence-electron chi connectivity index (χ0n) is 10.9. The first-order valence-corrected chi connectivity index (χ1v) is 9.32. The molecule has 0 atom stereocenters. The van der Waals surface area contributed by atoms with Crippen LogP contribution in [0.15, 0.2) is 12.4 Å². The number of anilines is 2. The monoisotopic (exact) mass is 302 g/mol. The standard InChI is InChI=1S/C11H18N4O2S2/c1-19(16,17)7-2-12-10-8-11(14-9-13-10)15-3-5-18-6-4-15/h8-9H,2-7H2,1H3,(H,12,13,14). The van der Waals surface area contributed by atoms with Gasteiger partial charge in [0, 0.05) is 43.5 Å². The summed E-state index contributed by atoms with van der Waals surface area (Å²) in [5, 5.41) is 3.02. The molecule has 0 aliphatic carbocycles. The van der Waals surface area contributed by atoms with Crippen LogP contribution in [0.4, 0.5) is 11.6 Å². The topological polar surface area (TPSA) is 75.2 Å². The Bertz CT molecular complexity index is 515. The third-order valence-corrected chi connectivity index (χ3v) is 4.65. The van der Waals surface area contributed by atoms with E-state index < -0.39 is 9.84 Å². The van der Waals surface area contributed by atoms with Gasteiger partial charge in [0.2, 0.25) is 0 Å². The van der Waals surface area contributed by atoms with Crippen molar-refractivity contribution in [3.05, 3.63) is 12.4 Å². The Labute approximate surface area is 117 Å². The van der Waals surface area contributed by atoms with Crippen LogP contribution in [0.2, 0.25) is 0 Å². The molecule has 1 fully saturated rings. The molecule has 1 aliphatic rings. The highest BCUT2D eigenvalue weighted by Gasteiger charge is 2.13. The Kier molecular flexibility index (Phi) is 4.87. The third-order valence-electron chi connectivity index (χ3n) is 2.77. The molecule has 0 unspecified atom stereocenters. The molecule has 8 heteroatoms. The van der Waals surface area contributed by atoms with Crippen molar-refractivity contribution >= 4 is 33.2 Å². The van der Waals surface area contributed by atoms with Crippen LogP contribution in [-0.2, 0) is 9.84 Å². The average molecular weight is 302 g/mol. The van der Waals surface area contributed by atoms with Gasteiger partial charge in [-0.2, -0.15) is 11.8 Å². The summed E-state index contributed by atoms with van der Waals surface area (Å²) in [5.74, 6) is 3.90. The molecule has 1 N–H and O–H groups in total. The van der Waals surface area contributed by atoms with Crippen LogP contribution < -0.4 is 10.2 Å². The van der Waals surface area contributed by atoms with Crippen LogP contribution in [0.3, 0.4) is 0 Å². The van der Waals surface area contributed by atoms with Crippen molar-refractivity contribution in [1.29, 1.82) is 0 Å². The van der Waals surface area contributed by atoms with Gasteiger partial charge in [0.1, 0.15) is 27.8 Å². The average Bonchev–Trinajstić information content (AvgIpc) is 2.39. The van der Waals surface area contributed by atoms with Crippen molar-refractivity contribution in [3.8, 4) is 0 Å². The first kappa shape index (κ1) is 14.4. The van der Waals surface area contributed by atoms with Gasteiger partial charge < -0.3 is 10.2 Å². The van der Waals surface area contributed by atoms with Gasteiger partial charge in [-0.15, -0.1) is 0 Å². The number of hydrogen-bond donors (Lipinski definition) is 1. The molecule has 0 saturated carbocycles. The summed E-state index contributed by atoms with van der Waals surface area (Å²) in [7, 11) is -2.94. The highest BCUT2D eigenvalue weighted by molar-refractivity contribution is 7.99. The number of sulfone groups is 1. The Morgan fingerprint density at radius 1 is 1.37 bits per heavy atom. The van der Waals surface area contributed by atoms with E-state index in [0.717, 1.165) is 30.4 Å². The van der Waals surface area contributed by atoms with Crippen molar-refractivity contribution in [3.63, 3.8) is 0 Å². The van der Waals surface area contributed by atoms with Gasteiger partial charge >= 0.3 is 0 Å². The molecule has 0 spiro atoms. The van der Waals surface area contributed by atoms with E-state index in [-0.39, 0.29) is 5.75 Å². The molecule has 2 heterocycles. The lowest BCUT2D eigenvalue weighted by Crippen LogP contribution is -2.33. The van der Waals surface area contributed by atoms with E-state index in [2.05, 4.69) is 20.2 Å². The minimum absolute atomic E-state index is 0.104. The number of thioether (sulfide) groups is 1. The SMILES string of the molecule is CS(=O)(=O)CCNc1cc(N2CCSCC2)ncn1. The summed E-state index contributed by atoms with van der Waals surface area (Å²) in [6, 6.07) is 1.87. The molecule has 1 saturated heterocycles. The van der Waals surface area contributed by atoms with Gasteiger partial charge in [0.15, 0.2) is 0 Å². The van der Waals surface area contributed by atoms with Gasteiger partial charge in [-0.3, -0.25) is 0 Å². The first-order chi connectivity index (χ1) is 9.04. The van der Waals surface area contributed by atoms with Gasteiger partial charge in [-0.25, -0.2) is 18.4 Å². The Hall–Kier alpha value is -1.02. The molecule has 0 aromatic carbocycles. The maximum absolute atomic E-state index is 11.1. The van der Waals surface area contributed by atoms with Gasteiger partial charge in [-0.1, -0.05) is 0 Å². The lowest BCUT2D eigenvalue weighted by Gasteiger charge is -2.27. The van der Waals surface area contributed by atoms with Crippen molar-refractivity contribution in [2.45, 2.75) is 0 Å². The highest BCUT2D eigenvalue weighted by atomic mass is 32.2. The summed E-state index contributed by atoms with van der Waals surface area (Å²) >= 11 is 1.95. The van der Waals surface area contributed by atoms with E-state index in [1.807, 2.05) is 17.8 Å². The minimum Gasteiger partial charge on any atom is -0.369 e. The van der Waals surface area contributed by atoms with Gasteiger partial charge in [0.05, 0.1) is 5.75 Å². The molecule has 19 heavy (non-hydrogen) atoms. The maximum atomic E-state index is 11.1. The lowest BCUT2D eigenvalue weighted by molar-refractivity contribution is 0.602. The summed E-state index contributed by atoms with van der Waals surface area (Å²) in [6.07, 6.45) is 2.74. The smallest absolute Gasteiger partial charge is 0.149 e. The molecule has 2 rings (SSSR count). The Morgan fingerprint density at radius 2 is 2.11 bits per heavy atom. The van der Waals surface area contributed by atoms with Crippen LogP contribution in [0.5, 0.6) is 0 Å². The number of nitrogens with one attached hydrogen (secondary N) is 1. The fourth-order valence-electron chi connectivity index (χ4n) is 1.77. The predicted molar refractivity (Wildman–Crippen MR) is 79.8 cm³/mol.